The molecule has 6 nitrogen and oxygen atoms in total. The monoisotopic (exact) mass is 541 g/mol. The van der Waals surface area contributed by atoms with Crippen LogP contribution in [0.4, 0.5) is 5.69 Å². The van der Waals surface area contributed by atoms with E-state index in [1.54, 1.807) is 23.1 Å². The Morgan fingerprint density at radius 1 is 0.882 bits per heavy atom. The van der Waals surface area contributed by atoms with Crippen LogP contribution in [0.2, 0.25) is 0 Å². The highest BCUT2D eigenvalue weighted by Crippen LogP contribution is 2.29. The number of carbonyl (C=O) groups excluding carboxylic acids is 1. The molecule has 0 aliphatic carbocycles. The van der Waals surface area contributed by atoms with E-state index in [2.05, 4.69) is 45.1 Å². The molecule has 0 unspecified atom stereocenters. The highest BCUT2D eigenvalue weighted by atomic mass is 79.9. The van der Waals surface area contributed by atoms with E-state index in [9.17, 15) is 13.2 Å². The lowest BCUT2D eigenvalue weighted by atomic mass is 9.96. The van der Waals surface area contributed by atoms with Gasteiger partial charge < -0.3 is 4.90 Å². The molecule has 0 aromatic heterocycles. The summed E-state index contributed by atoms with van der Waals surface area (Å²) < 4.78 is 26.8. The van der Waals surface area contributed by atoms with Gasteiger partial charge in [-0.15, -0.1) is 0 Å². The van der Waals surface area contributed by atoms with Gasteiger partial charge >= 0.3 is 0 Å². The average molecular weight is 542 g/mol. The number of halogens is 1. The Balaban J connectivity index is 1.47. The molecule has 178 valence electrons. The Bertz CT molecular complexity index is 1170. The van der Waals surface area contributed by atoms with Gasteiger partial charge in [-0.05, 0) is 29.3 Å². The van der Waals surface area contributed by atoms with E-state index in [1.807, 2.05) is 42.5 Å². The molecule has 0 radical (unpaired) electrons. The van der Waals surface area contributed by atoms with Crippen LogP contribution in [0.15, 0.2) is 89.4 Å². The predicted molar refractivity (Wildman–Crippen MR) is 139 cm³/mol. The van der Waals surface area contributed by atoms with Crippen LogP contribution in [0.3, 0.4) is 0 Å². The van der Waals surface area contributed by atoms with Crippen molar-refractivity contribution in [3.05, 3.63) is 101 Å². The zero-order chi connectivity index (χ0) is 24.1. The van der Waals surface area contributed by atoms with Gasteiger partial charge in [0.05, 0.1) is 18.0 Å². The number of rotatable bonds is 7. The Morgan fingerprint density at radius 2 is 1.44 bits per heavy atom. The maximum atomic E-state index is 13.1. The first-order chi connectivity index (χ1) is 16.3. The summed E-state index contributed by atoms with van der Waals surface area (Å²) in [6.45, 7) is 2.29. The molecule has 8 heteroatoms. The molecule has 1 fully saturated rings. The van der Waals surface area contributed by atoms with Gasteiger partial charge in [0.25, 0.3) is 0 Å². The molecule has 1 aliphatic heterocycles. The zero-order valence-corrected chi connectivity index (χ0v) is 21.5. The summed E-state index contributed by atoms with van der Waals surface area (Å²) in [4.78, 5) is 17.3. The summed E-state index contributed by atoms with van der Waals surface area (Å²) in [5.41, 5.74) is 2.90. The SMILES string of the molecule is CS(=O)(=O)N(CC(=O)N1CCN(C(c2ccccc2)c2ccccc2)CC1)c1cccc(Br)c1. The third-order valence-electron chi connectivity index (χ3n) is 6.04. The van der Waals surface area contributed by atoms with Gasteiger partial charge in [-0.25, -0.2) is 8.42 Å². The van der Waals surface area contributed by atoms with Gasteiger partial charge in [-0.1, -0.05) is 82.7 Å². The first-order valence-electron chi connectivity index (χ1n) is 11.2. The molecular formula is C26H28BrN3O3S. The van der Waals surface area contributed by atoms with Crippen molar-refractivity contribution >= 4 is 37.5 Å². The van der Waals surface area contributed by atoms with E-state index < -0.39 is 10.0 Å². The maximum absolute atomic E-state index is 13.1. The lowest BCUT2D eigenvalue weighted by Crippen LogP contribution is -2.52. The van der Waals surface area contributed by atoms with Gasteiger partial charge in [-0.3, -0.25) is 14.0 Å². The Labute approximate surface area is 210 Å². The fraction of sp³-hybridized carbons (Fsp3) is 0.269. The lowest BCUT2D eigenvalue weighted by Gasteiger charge is -2.40. The van der Waals surface area contributed by atoms with Crippen LogP contribution >= 0.6 is 15.9 Å². The second-order valence-electron chi connectivity index (χ2n) is 8.39. The molecule has 0 atom stereocenters. The molecule has 1 amide bonds. The number of nitrogens with zero attached hydrogens (tertiary/aromatic N) is 3. The Hall–Kier alpha value is -2.68. The minimum atomic E-state index is -3.61. The first kappa shape index (κ1) is 24.4. The predicted octanol–water partition coefficient (Wildman–Crippen LogP) is 4.15. The smallest absolute Gasteiger partial charge is 0.243 e. The van der Waals surface area contributed by atoms with Crippen molar-refractivity contribution in [2.24, 2.45) is 0 Å². The maximum Gasteiger partial charge on any atom is 0.243 e. The molecule has 1 aliphatic rings. The highest BCUT2D eigenvalue weighted by molar-refractivity contribution is 9.10. The fourth-order valence-corrected chi connectivity index (χ4v) is 5.60. The number of carbonyl (C=O) groups is 1. The topological polar surface area (TPSA) is 60.9 Å². The van der Waals surface area contributed by atoms with Crippen molar-refractivity contribution in [3.8, 4) is 0 Å². The lowest BCUT2D eigenvalue weighted by molar-refractivity contribution is -0.131. The summed E-state index contributed by atoms with van der Waals surface area (Å²) in [7, 11) is -3.61. The molecule has 3 aromatic rings. The molecule has 0 spiro atoms. The number of hydrogen-bond acceptors (Lipinski definition) is 4. The highest BCUT2D eigenvalue weighted by Gasteiger charge is 2.30. The molecule has 1 saturated heterocycles. The molecular weight excluding hydrogens is 514 g/mol. The van der Waals surface area contributed by atoms with Crippen molar-refractivity contribution in [2.75, 3.05) is 43.3 Å². The van der Waals surface area contributed by atoms with E-state index in [-0.39, 0.29) is 18.5 Å². The third kappa shape index (κ3) is 5.87. The largest absolute Gasteiger partial charge is 0.339 e. The van der Waals surface area contributed by atoms with E-state index >= 15 is 0 Å². The Kier molecular flexibility index (Phi) is 7.70. The summed E-state index contributed by atoms with van der Waals surface area (Å²) in [6.07, 6.45) is 1.13. The van der Waals surface area contributed by atoms with Crippen LogP contribution in [0.1, 0.15) is 17.2 Å². The van der Waals surface area contributed by atoms with Gasteiger partial charge in [-0.2, -0.15) is 0 Å². The third-order valence-corrected chi connectivity index (χ3v) is 7.67. The first-order valence-corrected chi connectivity index (χ1v) is 13.8. The molecule has 4 rings (SSSR count). The normalized spacial score (nSPS) is 14.9. The van der Waals surface area contributed by atoms with Gasteiger partial charge in [0.15, 0.2) is 0 Å². The number of sulfonamides is 1. The van der Waals surface area contributed by atoms with Crippen molar-refractivity contribution < 1.29 is 13.2 Å². The standard InChI is InChI=1S/C26H28BrN3O3S/c1-34(32,33)30(24-14-8-13-23(27)19-24)20-25(31)28-15-17-29(18-16-28)26(21-9-4-2-5-10-21)22-11-6-3-7-12-22/h2-14,19,26H,15-18,20H2,1H3. The van der Waals surface area contributed by atoms with Crippen molar-refractivity contribution in [3.63, 3.8) is 0 Å². The van der Waals surface area contributed by atoms with E-state index in [0.717, 1.165) is 10.7 Å². The van der Waals surface area contributed by atoms with E-state index in [0.29, 0.717) is 31.9 Å². The van der Waals surface area contributed by atoms with E-state index in [1.165, 1.54) is 15.4 Å². The molecule has 34 heavy (non-hydrogen) atoms. The summed E-state index contributed by atoms with van der Waals surface area (Å²) in [5, 5.41) is 0. The van der Waals surface area contributed by atoms with Crippen LogP contribution in [0, 0.1) is 0 Å². The second-order valence-corrected chi connectivity index (χ2v) is 11.2. The van der Waals surface area contributed by atoms with Gasteiger partial charge in [0, 0.05) is 30.7 Å². The van der Waals surface area contributed by atoms with Crippen LogP contribution in [0.5, 0.6) is 0 Å². The summed E-state index contributed by atoms with van der Waals surface area (Å²) in [6, 6.07) is 27.9. The van der Waals surface area contributed by atoms with Crippen LogP contribution < -0.4 is 4.31 Å². The molecule has 0 N–H and O–H groups in total. The number of benzene rings is 3. The van der Waals surface area contributed by atoms with Crippen LogP contribution in [-0.4, -0.2) is 63.1 Å². The van der Waals surface area contributed by atoms with Crippen LogP contribution in [0.25, 0.3) is 0 Å². The minimum Gasteiger partial charge on any atom is -0.339 e. The molecule has 0 bridgehead atoms. The zero-order valence-electron chi connectivity index (χ0n) is 19.0. The van der Waals surface area contributed by atoms with Gasteiger partial charge in [0.2, 0.25) is 15.9 Å². The minimum absolute atomic E-state index is 0.105. The number of anilines is 1. The summed E-state index contributed by atoms with van der Waals surface area (Å²) >= 11 is 3.38. The van der Waals surface area contributed by atoms with Crippen molar-refractivity contribution in [2.45, 2.75) is 6.04 Å². The average Bonchev–Trinajstić information content (AvgIpc) is 2.84. The Morgan fingerprint density at radius 3 is 1.94 bits per heavy atom. The molecule has 0 saturated carbocycles. The fourth-order valence-electron chi connectivity index (χ4n) is 4.37. The van der Waals surface area contributed by atoms with Crippen molar-refractivity contribution in [1.29, 1.82) is 0 Å². The molecule has 3 aromatic carbocycles. The number of piperazine rings is 1. The van der Waals surface area contributed by atoms with E-state index in [4.69, 9.17) is 0 Å². The number of hydrogen-bond donors (Lipinski definition) is 0. The second kappa shape index (κ2) is 10.7. The quantitative estimate of drug-likeness (QED) is 0.450. The summed E-state index contributed by atoms with van der Waals surface area (Å²) in [5.74, 6) is -0.193. The van der Waals surface area contributed by atoms with Crippen molar-refractivity contribution in [1.82, 2.24) is 9.80 Å². The van der Waals surface area contributed by atoms with Crippen LogP contribution in [-0.2, 0) is 14.8 Å². The van der Waals surface area contributed by atoms with Gasteiger partial charge in [0.1, 0.15) is 6.54 Å². The number of amides is 1. The molecule has 1 heterocycles.